The molecule has 0 spiro atoms. The van der Waals surface area contributed by atoms with Gasteiger partial charge >= 0.3 is 5.97 Å². The quantitative estimate of drug-likeness (QED) is 0.173. The van der Waals surface area contributed by atoms with Gasteiger partial charge in [-0.2, -0.15) is 0 Å². The molecular formula is C43H81NO12Si2. The van der Waals surface area contributed by atoms with Crippen molar-refractivity contribution >= 4 is 28.4 Å². The largest absolute Gasteiger partial charge is 0.459 e. The highest BCUT2D eigenvalue weighted by atomic mass is 28.4. The van der Waals surface area contributed by atoms with Crippen molar-refractivity contribution in [3.63, 3.8) is 0 Å². The molecule has 3 rings (SSSR count). The standard InChI is InChI=1S/C43H81NO12Si2/c1-20-32-41(8,47)22-25(2)34(45)26(3)23-42(9,48)37(54-40-36(55-57(14,15)16)31(44(11)12)21-27(4)50-40)28(5)35(29(6)39(46)52-32)53-33-24-43(10,49-13)38(30(7)51-33)56-58(17,18)19/h22,26-33,35-38,40,47-48H,20-21,23-24H2,1-19H3/b25-22+/t26-,27-,28+,29-,30+,31+,32-,33+,35+,36-,37-,38+,40+,41+,42+,43-/m1/s1. The van der Waals surface area contributed by atoms with Gasteiger partial charge in [0.25, 0.3) is 0 Å². The van der Waals surface area contributed by atoms with Crippen molar-refractivity contribution in [1.29, 1.82) is 0 Å². The van der Waals surface area contributed by atoms with E-state index in [-0.39, 0.29) is 43.3 Å². The van der Waals surface area contributed by atoms with Crippen LogP contribution in [0.3, 0.4) is 0 Å². The molecule has 3 aliphatic heterocycles. The summed E-state index contributed by atoms with van der Waals surface area (Å²) in [5, 5.41) is 24.4. The van der Waals surface area contributed by atoms with Crippen LogP contribution in [-0.4, -0.2) is 143 Å². The molecule has 0 aromatic rings. The number of allylic oxidation sites excluding steroid dienone is 1. The Balaban J connectivity index is 2.25. The maximum absolute atomic E-state index is 14.4. The summed E-state index contributed by atoms with van der Waals surface area (Å²) in [5.74, 6) is -3.20. The Morgan fingerprint density at radius 1 is 0.862 bits per heavy atom. The second kappa shape index (κ2) is 19.5. The first-order chi connectivity index (χ1) is 26.4. The zero-order chi connectivity index (χ0) is 44.5. The summed E-state index contributed by atoms with van der Waals surface area (Å²) in [6.45, 7) is 30.7. The molecule has 0 aromatic heterocycles. The lowest BCUT2D eigenvalue weighted by atomic mass is 9.76. The minimum atomic E-state index is -2.17. The van der Waals surface area contributed by atoms with Gasteiger partial charge in [-0.1, -0.05) is 20.8 Å². The van der Waals surface area contributed by atoms with E-state index in [1.807, 2.05) is 48.7 Å². The van der Waals surface area contributed by atoms with Crippen LogP contribution in [-0.2, 0) is 46.9 Å². The maximum Gasteiger partial charge on any atom is 0.311 e. The number of Topliss-reactive ketones (excluding diaryl/α,β-unsaturated/α-hetero) is 1. The fourth-order valence-electron chi connectivity index (χ4n) is 9.20. The van der Waals surface area contributed by atoms with Gasteiger partial charge in [0.15, 0.2) is 35.0 Å². The second-order valence-electron chi connectivity index (χ2n) is 20.4. The molecule has 2 N–H and O–H groups in total. The fourth-order valence-corrected chi connectivity index (χ4v) is 11.5. The third kappa shape index (κ3) is 13.0. The molecule has 0 aliphatic carbocycles. The van der Waals surface area contributed by atoms with E-state index < -0.39 is 100 Å². The summed E-state index contributed by atoms with van der Waals surface area (Å²) in [7, 11) is 1.49. The summed E-state index contributed by atoms with van der Waals surface area (Å²) in [5.41, 5.74) is -3.81. The highest BCUT2D eigenvalue weighted by Crippen LogP contribution is 2.42. The Morgan fingerprint density at radius 3 is 1.97 bits per heavy atom. The van der Waals surface area contributed by atoms with Crippen LogP contribution in [0.5, 0.6) is 0 Å². The van der Waals surface area contributed by atoms with Crippen molar-refractivity contribution in [3.05, 3.63) is 11.6 Å². The third-order valence-corrected chi connectivity index (χ3v) is 14.0. The lowest BCUT2D eigenvalue weighted by Gasteiger charge is -2.51. The Morgan fingerprint density at radius 2 is 1.45 bits per heavy atom. The summed E-state index contributed by atoms with van der Waals surface area (Å²) in [4.78, 5) is 30.5. The number of nitrogens with zero attached hydrogens (tertiary/aromatic N) is 1. The molecule has 16 atom stereocenters. The van der Waals surface area contributed by atoms with Crippen molar-refractivity contribution < 1.29 is 57.1 Å². The molecule has 58 heavy (non-hydrogen) atoms. The lowest BCUT2D eigenvalue weighted by Crippen LogP contribution is -2.62. The minimum Gasteiger partial charge on any atom is -0.459 e. The number of likely N-dealkylation sites (N-methyl/N-ethyl adjacent to an activating group) is 1. The molecule has 2 fully saturated rings. The zero-order valence-corrected chi connectivity index (χ0v) is 41.3. The fraction of sp³-hybridized carbons (Fsp3) is 0.907. The third-order valence-electron chi connectivity index (χ3n) is 12.1. The summed E-state index contributed by atoms with van der Waals surface area (Å²) in [6, 6.07) is -0.0533. The number of hydrogen-bond donors (Lipinski definition) is 2. The average molecular weight is 860 g/mol. The van der Waals surface area contributed by atoms with E-state index in [1.54, 1.807) is 34.8 Å². The van der Waals surface area contributed by atoms with Crippen LogP contribution in [0.15, 0.2) is 11.6 Å². The summed E-state index contributed by atoms with van der Waals surface area (Å²) in [6.07, 6.45) is -3.47. The summed E-state index contributed by atoms with van der Waals surface area (Å²) < 4.78 is 52.9. The number of carbonyl (C=O) groups is 2. The van der Waals surface area contributed by atoms with Crippen molar-refractivity contribution in [2.24, 2.45) is 17.8 Å². The predicted molar refractivity (Wildman–Crippen MR) is 229 cm³/mol. The number of cyclic esters (lactones) is 1. The van der Waals surface area contributed by atoms with Gasteiger partial charge in [-0.05, 0) is 133 Å². The molecule has 15 heteroatoms. The lowest BCUT2D eigenvalue weighted by molar-refractivity contribution is -0.315. The number of methoxy groups -OCH3 is 1. The Labute approximate surface area is 352 Å². The normalized spacial score (nSPS) is 44.0. The zero-order valence-electron chi connectivity index (χ0n) is 39.3. The number of hydrogen-bond acceptors (Lipinski definition) is 13. The van der Waals surface area contributed by atoms with Crippen LogP contribution in [0.4, 0.5) is 0 Å². The second-order valence-corrected chi connectivity index (χ2v) is 29.4. The van der Waals surface area contributed by atoms with Crippen molar-refractivity contribution in [2.75, 3.05) is 21.2 Å². The van der Waals surface area contributed by atoms with Crippen molar-refractivity contribution in [1.82, 2.24) is 4.90 Å². The van der Waals surface area contributed by atoms with Crippen LogP contribution in [0, 0.1) is 17.8 Å². The van der Waals surface area contributed by atoms with Gasteiger partial charge in [-0.25, -0.2) is 0 Å². The molecule has 3 heterocycles. The molecule has 0 amide bonds. The SMILES string of the molecule is CC[C@H]1OC(=O)[C@H](C)[C@@H](O[C@H]2C[C@@](C)(OC)[C@@H](O[Si](C)(C)C)[C@H](C)O2)[C@H](C)[C@@H](O[C@@H]2O[C@H](C)C[C@H](N(C)C)[C@H]2O[Si](C)(C)C)[C@@](C)(O)C[C@@H](C)C(=O)/C(C)=C/[C@]1(C)O. The molecule has 2 saturated heterocycles. The minimum absolute atomic E-state index is 0.00423. The molecular weight excluding hydrogens is 779 g/mol. The topological polar surface area (TPSA) is 152 Å². The van der Waals surface area contributed by atoms with Gasteiger partial charge < -0.3 is 52.4 Å². The highest BCUT2D eigenvalue weighted by molar-refractivity contribution is 6.70. The molecule has 0 bridgehead atoms. The Hall–Kier alpha value is -1.09. The number of rotatable bonds is 11. The molecule has 3 aliphatic rings. The monoisotopic (exact) mass is 860 g/mol. The van der Waals surface area contributed by atoms with E-state index in [1.165, 1.54) is 13.0 Å². The number of aliphatic hydroxyl groups is 2. The molecule has 0 aromatic carbocycles. The highest BCUT2D eigenvalue weighted by Gasteiger charge is 2.53. The Bertz CT molecular complexity index is 1410. The smallest absolute Gasteiger partial charge is 0.311 e. The van der Waals surface area contributed by atoms with E-state index in [4.69, 9.17) is 37.3 Å². The molecule has 0 saturated carbocycles. The number of ketones is 1. The van der Waals surface area contributed by atoms with Crippen LogP contribution >= 0.6 is 0 Å². The average Bonchev–Trinajstić information content (AvgIpc) is 3.07. The van der Waals surface area contributed by atoms with Crippen LogP contribution in [0.1, 0.15) is 94.9 Å². The van der Waals surface area contributed by atoms with Crippen LogP contribution in [0.2, 0.25) is 39.3 Å². The first-order valence-electron chi connectivity index (χ1n) is 21.4. The van der Waals surface area contributed by atoms with E-state index >= 15 is 0 Å². The van der Waals surface area contributed by atoms with Crippen molar-refractivity contribution in [2.45, 2.75) is 212 Å². The van der Waals surface area contributed by atoms with Gasteiger partial charge in [-0.3, -0.25) is 9.59 Å². The van der Waals surface area contributed by atoms with Gasteiger partial charge in [-0.15, -0.1) is 0 Å². The molecule has 0 unspecified atom stereocenters. The van der Waals surface area contributed by atoms with Crippen molar-refractivity contribution in [3.8, 4) is 0 Å². The van der Waals surface area contributed by atoms with Gasteiger partial charge in [0.1, 0.15) is 17.8 Å². The van der Waals surface area contributed by atoms with Gasteiger partial charge in [0.2, 0.25) is 0 Å². The number of esters is 1. The van der Waals surface area contributed by atoms with E-state index in [2.05, 4.69) is 44.2 Å². The van der Waals surface area contributed by atoms with Gasteiger partial charge in [0, 0.05) is 31.4 Å². The summed E-state index contributed by atoms with van der Waals surface area (Å²) >= 11 is 0. The Kier molecular flexibility index (Phi) is 17.3. The number of ether oxygens (including phenoxy) is 6. The molecule has 0 radical (unpaired) electrons. The molecule has 338 valence electrons. The first-order valence-corrected chi connectivity index (χ1v) is 28.3. The molecule has 13 nitrogen and oxygen atoms in total. The predicted octanol–water partition coefficient (Wildman–Crippen LogP) is 6.45. The van der Waals surface area contributed by atoms with E-state index in [9.17, 15) is 19.8 Å². The van der Waals surface area contributed by atoms with Crippen LogP contribution < -0.4 is 0 Å². The first kappa shape index (κ1) is 51.3. The van der Waals surface area contributed by atoms with E-state index in [0.29, 0.717) is 12.0 Å². The maximum atomic E-state index is 14.4. The number of carbonyl (C=O) groups excluding carboxylic acids is 2. The van der Waals surface area contributed by atoms with Gasteiger partial charge in [0.05, 0.1) is 47.6 Å². The van der Waals surface area contributed by atoms with E-state index in [0.717, 1.165) is 0 Å². The van der Waals surface area contributed by atoms with Crippen LogP contribution in [0.25, 0.3) is 0 Å².